The average molecular weight is 511 g/mol. The lowest BCUT2D eigenvalue weighted by atomic mass is 9.86. The number of halogens is 5. The number of anilines is 1. The predicted octanol–water partition coefficient (Wildman–Crippen LogP) is 6.18. The number of hydrogen-bond acceptors (Lipinski definition) is 4. The number of carbonyl (C=O) groups is 1. The van der Waals surface area contributed by atoms with Crippen LogP contribution in [0.15, 0.2) is 47.6 Å². The van der Waals surface area contributed by atoms with Gasteiger partial charge in [-0.3, -0.25) is 9.48 Å². The molecule has 11 heteroatoms. The molecule has 0 saturated carbocycles. The third-order valence-corrected chi connectivity index (χ3v) is 6.00. The van der Waals surface area contributed by atoms with Crippen LogP contribution in [0.1, 0.15) is 39.2 Å². The van der Waals surface area contributed by atoms with Crippen molar-refractivity contribution in [3.8, 4) is 0 Å². The summed E-state index contributed by atoms with van der Waals surface area (Å²) in [5.74, 6) is 0.157. The lowest BCUT2D eigenvalue weighted by Crippen LogP contribution is -2.42. The molecule has 1 unspecified atom stereocenters. The van der Waals surface area contributed by atoms with Crippen molar-refractivity contribution in [1.29, 1.82) is 0 Å². The molecule has 4 rings (SSSR count). The zero-order valence-corrected chi connectivity index (χ0v) is 19.8. The first-order chi connectivity index (χ1) is 15.9. The van der Waals surface area contributed by atoms with Crippen LogP contribution in [0.3, 0.4) is 0 Å². The minimum Gasteiger partial charge on any atom is -0.374 e. The van der Waals surface area contributed by atoms with E-state index in [0.717, 1.165) is 17.8 Å². The van der Waals surface area contributed by atoms with Gasteiger partial charge in [-0.15, -0.1) is 0 Å². The highest BCUT2D eigenvalue weighted by molar-refractivity contribution is 6.34. The Morgan fingerprint density at radius 3 is 2.35 bits per heavy atom. The third-order valence-electron chi connectivity index (χ3n) is 5.56. The van der Waals surface area contributed by atoms with Crippen LogP contribution in [0.2, 0.25) is 10.0 Å². The number of aromatic nitrogens is 2. The van der Waals surface area contributed by atoms with E-state index in [0.29, 0.717) is 22.5 Å². The molecule has 1 atom stereocenters. The van der Waals surface area contributed by atoms with Gasteiger partial charge in [0.15, 0.2) is 0 Å². The summed E-state index contributed by atoms with van der Waals surface area (Å²) in [4.78, 5) is 17.8. The smallest absolute Gasteiger partial charge is 0.374 e. The fourth-order valence-corrected chi connectivity index (χ4v) is 4.38. The first-order valence-electron chi connectivity index (χ1n) is 10.1. The van der Waals surface area contributed by atoms with E-state index in [1.807, 2.05) is 0 Å². The summed E-state index contributed by atoms with van der Waals surface area (Å²) in [5.41, 5.74) is -0.792. The van der Waals surface area contributed by atoms with Crippen LogP contribution < -0.4 is 5.32 Å². The monoisotopic (exact) mass is 510 g/mol. The molecule has 1 aliphatic rings. The molecular weight excluding hydrogens is 492 g/mol. The lowest BCUT2D eigenvalue weighted by molar-refractivity contribution is -0.275. The SMILES string of the molecule is Cc1cc(NC(=O)c2ccc(C3=NOC(c4cc(Cl)cc(Cl)c4)(C(F)(F)F)C3)cc2C)n(C)n1. The van der Waals surface area contributed by atoms with Gasteiger partial charge < -0.3 is 10.2 Å². The molecular formula is C23H19Cl2F3N4O2. The number of alkyl halides is 3. The van der Waals surface area contributed by atoms with Crippen LogP contribution in [0.25, 0.3) is 0 Å². The maximum absolute atomic E-state index is 14.2. The summed E-state index contributed by atoms with van der Waals surface area (Å²) in [7, 11) is 1.71. The van der Waals surface area contributed by atoms with Gasteiger partial charge in [-0.25, -0.2) is 0 Å². The second-order valence-corrected chi connectivity index (χ2v) is 8.94. The fraction of sp³-hybridized carbons (Fsp3) is 0.261. The number of benzene rings is 2. The van der Waals surface area contributed by atoms with Crippen molar-refractivity contribution < 1.29 is 22.8 Å². The van der Waals surface area contributed by atoms with E-state index in [9.17, 15) is 18.0 Å². The van der Waals surface area contributed by atoms with Crippen LogP contribution in [0.4, 0.5) is 19.0 Å². The van der Waals surface area contributed by atoms with Gasteiger partial charge in [0.1, 0.15) is 5.82 Å². The van der Waals surface area contributed by atoms with Crippen molar-refractivity contribution in [2.75, 3.05) is 5.32 Å². The summed E-state index contributed by atoms with van der Waals surface area (Å²) in [5, 5.41) is 10.8. The zero-order chi connectivity index (χ0) is 24.8. The number of hydrogen-bond donors (Lipinski definition) is 1. The number of aryl methyl sites for hydroxylation is 3. The van der Waals surface area contributed by atoms with Crippen LogP contribution >= 0.6 is 23.2 Å². The molecule has 0 spiro atoms. The molecule has 1 aromatic heterocycles. The van der Waals surface area contributed by atoms with Gasteiger partial charge >= 0.3 is 6.18 Å². The zero-order valence-electron chi connectivity index (χ0n) is 18.3. The second kappa shape index (κ2) is 8.63. The molecule has 3 aromatic rings. The van der Waals surface area contributed by atoms with Gasteiger partial charge in [0.2, 0.25) is 0 Å². The van der Waals surface area contributed by atoms with E-state index in [1.54, 1.807) is 37.7 Å². The molecule has 0 saturated heterocycles. The number of rotatable bonds is 4. The Morgan fingerprint density at radius 2 is 1.79 bits per heavy atom. The summed E-state index contributed by atoms with van der Waals surface area (Å²) in [6.07, 6.45) is -5.37. The molecule has 0 radical (unpaired) electrons. The Balaban J connectivity index is 1.61. The Morgan fingerprint density at radius 1 is 1.12 bits per heavy atom. The van der Waals surface area contributed by atoms with Crippen molar-refractivity contribution in [3.63, 3.8) is 0 Å². The molecule has 2 aromatic carbocycles. The topological polar surface area (TPSA) is 68.5 Å². The van der Waals surface area contributed by atoms with Gasteiger partial charge in [-0.1, -0.05) is 34.4 Å². The normalized spacial score (nSPS) is 17.9. The van der Waals surface area contributed by atoms with Gasteiger partial charge in [0, 0.05) is 40.7 Å². The first-order valence-corrected chi connectivity index (χ1v) is 10.9. The van der Waals surface area contributed by atoms with Gasteiger partial charge in [0.25, 0.3) is 11.5 Å². The molecule has 34 heavy (non-hydrogen) atoms. The van der Waals surface area contributed by atoms with Gasteiger partial charge in [0.05, 0.1) is 11.4 Å². The maximum Gasteiger partial charge on any atom is 0.435 e. The van der Waals surface area contributed by atoms with Crippen molar-refractivity contribution in [1.82, 2.24) is 9.78 Å². The molecule has 2 heterocycles. The van der Waals surface area contributed by atoms with Crippen LogP contribution in [-0.4, -0.2) is 27.6 Å². The quantitative estimate of drug-likeness (QED) is 0.455. The molecule has 0 aliphatic carbocycles. The van der Waals surface area contributed by atoms with Crippen molar-refractivity contribution in [3.05, 3.63) is 80.5 Å². The Kier molecular flexibility index (Phi) is 6.12. The molecule has 1 N–H and O–H groups in total. The van der Waals surface area contributed by atoms with E-state index in [4.69, 9.17) is 28.0 Å². The number of oxime groups is 1. The highest BCUT2D eigenvalue weighted by Crippen LogP contribution is 2.49. The maximum atomic E-state index is 14.2. The Labute approximate surface area is 203 Å². The predicted molar refractivity (Wildman–Crippen MR) is 124 cm³/mol. The van der Waals surface area contributed by atoms with E-state index < -0.39 is 18.2 Å². The number of nitrogens with one attached hydrogen (secondary N) is 1. The van der Waals surface area contributed by atoms with Gasteiger partial charge in [-0.05, 0) is 55.3 Å². The standard InChI is InChI=1S/C23H19Cl2F3N4O2/c1-12-6-14(4-5-18(12)21(33)29-20-7-13(2)30-32(20)3)19-11-22(34-31-19,23(26,27)28)15-8-16(24)10-17(25)9-15/h4-10H,11H2,1-3H3,(H,29,33). The van der Waals surface area contributed by atoms with Crippen molar-refractivity contribution in [2.24, 2.45) is 12.2 Å². The summed E-state index contributed by atoms with van der Waals surface area (Å²) < 4.78 is 44.1. The summed E-state index contributed by atoms with van der Waals surface area (Å²) >= 11 is 11.9. The minimum atomic E-state index is -4.79. The average Bonchev–Trinajstić information content (AvgIpc) is 3.31. The number of nitrogens with zero attached hydrogens (tertiary/aromatic N) is 3. The Hall–Kier alpha value is -3.04. The van der Waals surface area contributed by atoms with Crippen LogP contribution in [0, 0.1) is 13.8 Å². The second-order valence-electron chi connectivity index (χ2n) is 8.07. The van der Waals surface area contributed by atoms with E-state index >= 15 is 0 Å². The van der Waals surface area contributed by atoms with E-state index in [-0.39, 0.29) is 27.2 Å². The van der Waals surface area contributed by atoms with Gasteiger partial charge in [-0.2, -0.15) is 18.3 Å². The van der Waals surface area contributed by atoms with Crippen molar-refractivity contribution in [2.45, 2.75) is 32.0 Å². The highest BCUT2D eigenvalue weighted by atomic mass is 35.5. The van der Waals surface area contributed by atoms with E-state index in [1.165, 1.54) is 18.2 Å². The first kappa shape index (κ1) is 24.1. The molecule has 0 bridgehead atoms. The lowest BCUT2D eigenvalue weighted by Gasteiger charge is -2.29. The number of amides is 1. The molecule has 1 aliphatic heterocycles. The molecule has 0 fully saturated rings. The molecule has 178 valence electrons. The van der Waals surface area contributed by atoms with Crippen LogP contribution in [-0.2, 0) is 17.5 Å². The highest BCUT2D eigenvalue weighted by Gasteiger charge is 2.62. The summed E-state index contributed by atoms with van der Waals surface area (Å²) in [6.45, 7) is 3.50. The van der Waals surface area contributed by atoms with Crippen LogP contribution in [0.5, 0.6) is 0 Å². The Bertz CT molecular complexity index is 1300. The largest absolute Gasteiger partial charge is 0.435 e. The third kappa shape index (κ3) is 4.37. The summed E-state index contributed by atoms with van der Waals surface area (Å²) in [6, 6.07) is 10.1. The fourth-order valence-electron chi connectivity index (χ4n) is 3.85. The van der Waals surface area contributed by atoms with Crippen molar-refractivity contribution >= 4 is 40.6 Å². The molecule has 1 amide bonds. The minimum absolute atomic E-state index is 0.0537. The van der Waals surface area contributed by atoms with E-state index in [2.05, 4.69) is 15.6 Å². The molecule has 6 nitrogen and oxygen atoms in total. The number of carbonyl (C=O) groups excluding carboxylic acids is 1.